The van der Waals surface area contributed by atoms with Crippen LogP contribution in [0.15, 0.2) is 35.1 Å². The smallest absolute Gasteiger partial charge is 0.276 e. The molecular weight excluding hydrogens is 442 g/mol. The van der Waals surface area contributed by atoms with Crippen molar-refractivity contribution in [2.24, 2.45) is 0 Å². The Labute approximate surface area is 195 Å². The number of aliphatic hydroxyl groups excluding tert-OH is 1. The molecule has 180 valence electrons. The summed E-state index contributed by atoms with van der Waals surface area (Å²) in [6.07, 6.45) is 0.249. The van der Waals surface area contributed by atoms with Crippen LogP contribution in [0.2, 0.25) is 0 Å². The zero-order valence-corrected chi connectivity index (χ0v) is 18.8. The van der Waals surface area contributed by atoms with Gasteiger partial charge in [-0.2, -0.15) is 10.1 Å². The van der Waals surface area contributed by atoms with Crippen molar-refractivity contribution in [2.75, 3.05) is 26.9 Å². The van der Waals surface area contributed by atoms with Crippen molar-refractivity contribution in [1.82, 2.24) is 25.1 Å². The highest BCUT2D eigenvalue weighted by Crippen LogP contribution is 2.27. The van der Waals surface area contributed by atoms with E-state index in [1.807, 2.05) is 12.1 Å². The van der Waals surface area contributed by atoms with Crippen molar-refractivity contribution >= 4 is 11.0 Å². The molecule has 5 heterocycles. The minimum absolute atomic E-state index is 0.0892. The Kier molecular flexibility index (Phi) is 6.57. The van der Waals surface area contributed by atoms with Crippen molar-refractivity contribution < 1.29 is 24.1 Å². The number of aliphatic hydroxyl groups is 1. The highest BCUT2D eigenvalue weighted by Gasteiger charge is 2.28. The summed E-state index contributed by atoms with van der Waals surface area (Å²) in [5.41, 5.74) is 0.995. The number of aromatic nitrogens is 4. The summed E-state index contributed by atoms with van der Waals surface area (Å²) in [5, 5.41) is 23.3. The third kappa shape index (κ3) is 4.81. The molecule has 11 nitrogen and oxygen atoms in total. The number of nitrogens with one attached hydrogen (secondary N) is 1. The Bertz CT molecular complexity index is 1210. The summed E-state index contributed by atoms with van der Waals surface area (Å²) in [6.45, 7) is 2.03. The Morgan fingerprint density at radius 3 is 2.88 bits per heavy atom. The molecule has 1 unspecified atom stereocenters. The van der Waals surface area contributed by atoms with E-state index < -0.39 is 6.10 Å². The zero-order valence-electron chi connectivity index (χ0n) is 18.8. The van der Waals surface area contributed by atoms with Gasteiger partial charge >= 0.3 is 0 Å². The molecule has 11 heteroatoms. The van der Waals surface area contributed by atoms with Gasteiger partial charge in [-0.1, -0.05) is 0 Å². The summed E-state index contributed by atoms with van der Waals surface area (Å²) in [5.74, 6) is 1.44. The molecule has 0 spiro atoms. The SMILES string of the molecule is COc1ccc2ccc(=O)n(C[C@H](O)C3CC[C@@H](NCc4cc5c(nn4)OCCO5)CO3)c2n1. The van der Waals surface area contributed by atoms with Crippen LogP contribution < -0.4 is 25.1 Å². The summed E-state index contributed by atoms with van der Waals surface area (Å²) in [4.78, 5) is 16.9. The van der Waals surface area contributed by atoms with Gasteiger partial charge in [-0.05, 0) is 25.0 Å². The van der Waals surface area contributed by atoms with Crippen molar-refractivity contribution in [1.29, 1.82) is 0 Å². The second-order valence-electron chi connectivity index (χ2n) is 8.34. The maximum Gasteiger partial charge on any atom is 0.276 e. The molecule has 2 aliphatic heterocycles. The molecule has 0 saturated carbocycles. The van der Waals surface area contributed by atoms with Crippen LogP contribution in [0, 0.1) is 0 Å². The lowest BCUT2D eigenvalue weighted by Gasteiger charge is -2.32. The van der Waals surface area contributed by atoms with Crippen molar-refractivity contribution in [3.8, 4) is 17.5 Å². The van der Waals surface area contributed by atoms with Crippen molar-refractivity contribution in [3.63, 3.8) is 0 Å². The Morgan fingerprint density at radius 1 is 1.21 bits per heavy atom. The number of hydrogen-bond acceptors (Lipinski definition) is 10. The fraction of sp³-hybridized carbons (Fsp3) is 0.478. The maximum absolute atomic E-state index is 12.5. The molecule has 3 atom stereocenters. The first-order chi connectivity index (χ1) is 16.6. The molecule has 0 bridgehead atoms. The lowest BCUT2D eigenvalue weighted by atomic mass is 10.0. The number of methoxy groups -OCH3 is 1. The molecule has 34 heavy (non-hydrogen) atoms. The van der Waals surface area contributed by atoms with Gasteiger partial charge in [0.15, 0.2) is 5.75 Å². The van der Waals surface area contributed by atoms with Gasteiger partial charge in [0, 0.05) is 36.2 Å². The van der Waals surface area contributed by atoms with Crippen LogP contribution >= 0.6 is 0 Å². The predicted octanol–water partition coefficient (Wildman–Crippen LogP) is 0.665. The molecule has 1 fully saturated rings. The fourth-order valence-electron chi connectivity index (χ4n) is 4.20. The number of ether oxygens (including phenoxy) is 4. The monoisotopic (exact) mass is 469 g/mol. The van der Waals surface area contributed by atoms with Crippen LogP contribution in [0.5, 0.6) is 17.5 Å². The van der Waals surface area contributed by atoms with Crippen molar-refractivity contribution in [2.45, 2.75) is 44.2 Å². The third-order valence-corrected chi connectivity index (χ3v) is 6.06. The average molecular weight is 469 g/mol. The molecule has 0 radical (unpaired) electrons. The number of rotatable bonds is 7. The topological polar surface area (TPSA) is 130 Å². The van der Waals surface area contributed by atoms with Crippen LogP contribution in [-0.4, -0.2) is 70.0 Å². The zero-order chi connectivity index (χ0) is 23.5. The lowest BCUT2D eigenvalue weighted by Crippen LogP contribution is -2.45. The van der Waals surface area contributed by atoms with Crippen LogP contribution in [0.25, 0.3) is 11.0 Å². The van der Waals surface area contributed by atoms with Gasteiger partial charge in [0.05, 0.1) is 38.2 Å². The molecule has 1 saturated heterocycles. The van der Waals surface area contributed by atoms with E-state index in [9.17, 15) is 9.90 Å². The van der Waals surface area contributed by atoms with Gasteiger partial charge in [-0.25, -0.2) is 0 Å². The van der Waals surface area contributed by atoms with Gasteiger partial charge in [-0.3, -0.25) is 9.36 Å². The summed E-state index contributed by atoms with van der Waals surface area (Å²) >= 11 is 0. The fourth-order valence-corrected chi connectivity index (χ4v) is 4.20. The minimum atomic E-state index is -0.846. The molecule has 5 rings (SSSR count). The van der Waals surface area contributed by atoms with E-state index in [1.54, 1.807) is 12.1 Å². The maximum atomic E-state index is 12.5. The van der Waals surface area contributed by atoms with Crippen LogP contribution in [0.1, 0.15) is 18.5 Å². The Hall–Kier alpha value is -3.28. The van der Waals surface area contributed by atoms with Gasteiger partial charge < -0.3 is 29.4 Å². The van der Waals surface area contributed by atoms with Gasteiger partial charge in [0.1, 0.15) is 18.9 Å². The van der Waals surface area contributed by atoms with Crippen LogP contribution in [-0.2, 0) is 17.8 Å². The first kappa shape index (κ1) is 22.5. The molecule has 0 aromatic carbocycles. The van der Waals surface area contributed by atoms with Gasteiger partial charge in [0.25, 0.3) is 11.4 Å². The molecule has 0 aliphatic carbocycles. The number of nitrogens with zero attached hydrogens (tertiary/aromatic N) is 4. The first-order valence-electron chi connectivity index (χ1n) is 11.3. The Morgan fingerprint density at radius 2 is 2.06 bits per heavy atom. The normalized spacial score (nSPS) is 20.8. The Balaban J connectivity index is 1.17. The number of hydrogen-bond donors (Lipinski definition) is 2. The van der Waals surface area contributed by atoms with Crippen LogP contribution in [0.3, 0.4) is 0 Å². The van der Waals surface area contributed by atoms with E-state index in [-0.39, 0.29) is 24.2 Å². The number of pyridine rings is 2. The van der Waals surface area contributed by atoms with Crippen molar-refractivity contribution in [3.05, 3.63) is 46.4 Å². The van der Waals surface area contributed by atoms with E-state index >= 15 is 0 Å². The summed E-state index contributed by atoms with van der Waals surface area (Å²) in [6, 6.07) is 8.71. The molecule has 2 aliphatic rings. The predicted molar refractivity (Wildman–Crippen MR) is 121 cm³/mol. The van der Waals surface area contributed by atoms with E-state index in [2.05, 4.69) is 20.5 Å². The van der Waals surface area contributed by atoms with Gasteiger partial charge in [0.2, 0.25) is 5.88 Å². The molecule has 2 N–H and O–H groups in total. The second kappa shape index (κ2) is 9.92. The molecule has 0 amide bonds. The van der Waals surface area contributed by atoms with Gasteiger partial charge in [-0.15, -0.1) is 5.10 Å². The third-order valence-electron chi connectivity index (χ3n) is 6.06. The molecule has 3 aromatic rings. The average Bonchev–Trinajstić information content (AvgIpc) is 2.89. The summed E-state index contributed by atoms with van der Waals surface area (Å²) < 4.78 is 23.6. The van der Waals surface area contributed by atoms with E-state index in [4.69, 9.17) is 18.9 Å². The quantitative estimate of drug-likeness (QED) is 0.509. The first-order valence-corrected chi connectivity index (χ1v) is 11.3. The van der Waals surface area contributed by atoms with E-state index in [0.717, 1.165) is 17.5 Å². The second-order valence-corrected chi connectivity index (χ2v) is 8.34. The lowest BCUT2D eigenvalue weighted by molar-refractivity contribution is -0.0771. The highest BCUT2D eigenvalue weighted by molar-refractivity contribution is 5.75. The van der Waals surface area contributed by atoms with E-state index in [0.29, 0.717) is 55.9 Å². The van der Waals surface area contributed by atoms with E-state index in [1.165, 1.54) is 17.7 Å². The minimum Gasteiger partial charge on any atom is -0.484 e. The largest absolute Gasteiger partial charge is 0.484 e. The molecular formula is C23H27N5O6. The van der Waals surface area contributed by atoms with Crippen LogP contribution in [0.4, 0.5) is 0 Å². The summed E-state index contributed by atoms with van der Waals surface area (Å²) in [7, 11) is 1.52. The molecule has 3 aromatic heterocycles. The highest BCUT2D eigenvalue weighted by atomic mass is 16.6. The standard InChI is InChI=1S/C23H27N5O6/c1-31-20-6-2-14-3-7-21(30)28(22(14)25-20)12-17(29)18-5-4-15(13-34-18)24-11-16-10-19-23(27-26-16)33-9-8-32-19/h2-3,6-7,10,15,17-18,24,29H,4-5,8-9,11-13H2,1H3/t15-,17+,18?/m1/s1. The number of fused-ring (bicyclic) bond motifs is 2.